The zero-order valence-corrected chi connectivity index (χ0v) is 39.2. The van der Waals surface area contributed by atoms with E-state index in [4.69, 9.17) is 39.2 Å². The van der Waals surface area contributed by atoms with Crippen LogP contribution in [0.3, 0.4) is 0 Å². The normalized spacial score (nSPS) is 13.4. The first-order chi connectivity index (χ1) is 29.1. The summed E-state index contributed by atoms with van der Waals surface area (Å²) in [5.41, 5.74) is 0. The van der Waals surface area contributed by atoms with Crippen molar-refractivity contribution in [1.82, 2.24) is 0 Å². The van der Waals surface area contributed by atoms with Crippen molar-refractivity contribution in [3.8, 4) is 0 Å². The molecule has 6 N–H and O–H groups in total. The molecule has 0 radical (unpaired) electrons. The fraction of sp³-hybridized carbons (Fsp3) is 0.957. The van der Waals surface area contributed by atoms with Crippen LogP contribution in [-0.2, 0) is 32.9 Å². The molecule has 0 amide bonds. The summed E-state index contributed by atoms with van der Waals surface area (Å²) in [5, 5.41) is 42.9. The van der Waals surface area contributed by atoms with Crippen LogP contribution in [0.5, 0.6) is 0 Å². The van der Waals surface area contributed by atoms with Crippen molar-refractivity contribution in [2.24, 2.45) is 0 Å². The van der Waals surface area contributed by atoms with Gasteiger partial charge < -0.3 is 49.2 Å². The zero-order valence-electron chi connectivity index (χ0n) is 38.3. The third-order valence-electron chi connectivity index (χ3n) is 10.4. The molecular formula is C46H93O13P. The monoisotopic (exact) mass is 885 g/mol. The minimum Gasteiger partial charge on any atom is -0.462 e. The van der Waals surface area contributed by atoms with Crippen molar-refractivity contribution < 1.29 is 63.3 Å². The Labute approximate surface area is 365 Å². The minimum absolute atomic E-state index is 0.105. The van der Waals surface area contributed by atoms with Gasteiger partial charge in [0, 0.05) is 12.8 Å². The van der Waals surface area contributed by atoms with Crippen LogP contribution in [0.25, 0.3) is 0 Å². The average Bonchev–Trinajstić information content (AvgIpc) is 3.24. The SMILES string of the molecule is CCCCCCCCCCCCCCCCCC(=O)OC[C@H](COP(=O)(O)C(O)COCCO)OC(=O)CCCCCCCCCCCCCCCCC.OCC(O)CO. The lowest BCUT2D eigenvalue weighted by atomic mass is 10.0. The highest BCUT2D eigenvalue weighted by Gasteiger charge is 2.33. The second kappa shape index (κ2) is 47.3. The number of esters is 2. The lowest BCUT2D eigenvalue weighted by Gasteiger charge is -2.22. The summed E-state index contributed by atoms with van der Waals surface area (Å²) in [5.74, 6) is -2.75. The fourth-order valence-electron chi connectivity index (χ4n) is 6.58. The van der Waals surface area contributed by atoms with Crippen molar-refractivity contribution in [1.29, 1.82) is 0 Å². The van der Waals surface area contributed by atoms with Crippen LogP contribution in [0.2, 0.25) is 0 Å². The van der Waals surface area contributed by atoms with Crippen LogP contribution in [0.1, 0.15) is 219 Å². The summed E-state index contributed by atoms with van der Waals surface area (Å²) in [4.78, 5) is 35.3. The Morgan fingerprint density at radius 1 is 0.500 bits per heavy atom. The van der Waals surface area contributed by atoms with Gasteiger partial charge in [-0.1, -0.05) is 194 Å². The molecule has 0 spiro atoms. The van der Waals surface area contributed by atoms with Gasteiger partial charge in [-0.3, -0.25) is 14.2 Å². The molecule has 0 aliphatic carbocycles. The Morgan fingerprint density at radius 2 is 0.850 bits per heavy atom. The highest BCUT2D eigenvalue weighted by atomic mass is 31.2. The van der Waals surface area contributed by atoms with Crippen LogP contribution >= 0.6 is 7.60 Å². The summed E-state index contributed by atoms with van der Waals surface area (Å²) >= 11 is 0. The second-order valence-electron chi connectivity index (χ2n) is 16.4. The molecule has 0 heterocycles. The van der Waals surface area contributed by atoms with E-state index in [2.05, 4.69) is 13.8 Å². The van der Waals surface area contributed by atoms with Crippen LogP contribution in [0.4, 0.5) is 0 Å². The van der Waals surface area contributed by atoms with Gasteiger partial charge in [0.05, 0.1) is 39.6 Å². The number of rotatable bonds is 45. The van der Waals surface area contributed by atoms with Gasteiger partial charge in [0.15, 0.2) is 11.9 Å². The number of unbranched alkanes of at least 4 members (excludes halogenated alkanes) is 28. The van der Waals surface area contributed by atoms with Crippen molar-refractivity contribution >= 4 is 19.5 Å². The van der Waals surface area contributed by atoms with E-state index < -0.39 is 50.8 Å². The molecule has 0 aromatic rings. The molecule has 2 unspecified atom stereocenters. The number of aliphatic hydroxyl groups is 5. The first kappa shape index (κ1) is 60.9. The Morgan fingerprint density at radius 3 is 1.18 bits per heavy atom. The molecule has 0 bridgehead atoms. The molecule has 360 valence electrons. The Bertz CT molecular complexity index is 953. The molecule has 60 heavy (non-hydrogen) atoms. The van der Waals surface area contributed by atoms with Crippen LogP contribution in [-0.4, -0.2) is 107 Å². The molecule has 0 aliphatic heterocycles. The summed E-state index contributed by atoms with van der Waals surface area (Å²) < 4.78 is 33.4. The third-order valence-corrected chi connectivity index (χ3v) is 11.9. The van der Waals surface area contributed by atoms with E-state index in [9.17, 15) is 24.2 Å². The summed E-state index contributed by atoms with van der Waals surface area (Å²) in [6.07, 6.45) is 35.3. The number of hydrogen-bond acceptors (Lipinski definition) is 12. The van der Waals surface area contributed by atoms with E-state index in [1.165, 1.54) is 148 Å². The molecular weight excluding hydrogens is 791 g/mol. The quantitative estimate of drug-likeness (QED) is 0.0191. The molecule has 0 aromatic heterocycles. The van der Waals surface area contributed by atoms with Crippen molar-refractivity contribution in [3.05, 3.63) is 0 Å². The number of carbonyl (C=O) groups is 2. The standard InChI is InChI=1S/C43H85O10P.C3H8O3/c1-3-5-7-9-11-13-15-17-19-21-23-25-27-29-31-33-41(45)51-37-40(38-52-54(48,49)43(47)39-50-36-35-44)53-42(46)34-32-30-28-26-24-22-20-18-16-14-12-10-8-6-4-2;4-1-3(6)2-5/h40,43-44,47H,3-39H2,1-2H3,(H,48,49);3-6H,1-2H2/t40-,43?;/m1./s1. The first-order valence-electron chi connectivity index (χ1n) is 24.2. The zero-order chi connectivity index (χ0) is 44.8. The van der Waals surface area contributed by atoms with E-state index in [1.807, 2.05) is 0 Å². The average molecular weight is 885 g/mol. The van der Waals surface area contributed by atoms with Gasteiger partial charge in [0.1, 0.15) is 12.7 Å². The topological polar surface area (TPSA) is 210 Å². The van der Waals surface area contributed by atoms with Crippen LogP contribution in [0.15, 0.2) is 0 Å². The molecule has 0 rings (SSSR count). The molecule has 0 fully saturated rings. The summed E-state index contributed by atoms with van der Waals surface area (Å²) in [6.45, 7) is 2.03. The lowest BCUT2D eigenvalue weighted by molar-refractivity contribution is -0.161. The smallest absolute Gasteiger partial charge is 0.358 e. The van der Waals surface area contributed by atoms with E-state index in [-0.39, 0.29) is 45.9 Å². The van der Waals surface area contributed by atoms with Gasteiger partial charge in [-0.05, 0) is 12.8 Å². The maximum Gasteiger partial charge on any atom is 0.358 e. The predicted octanol–water partition coefficient (Wildman–Crippen LogP) is 9.83. The van der Waals surface area contributed by atoms with Crippen molar-refractivity contribution in [2.75, 3.05) is 46.2 Å². The Hall–Kier alpha value is -1.15. The van der Waals surface area contributed by atoms with Crippen molar-refractivity contribution in [2.45, 2.75) is 237 Å². The molecule has 13 nitrogen and oxygen atoms in total. The lowest BCUT2D eigenvalue weighted by Crippen LogP contribution is -2.30. The van der Waals surface area contributed by atoms with Gasteiger partial charge in [-0.25, -0.2) is 0 Å². The second-order valence-corrected chi connectivity index (χ2v) is 18.3. The Balaban J connectivity index is 0. The summed E-state index contributed by atoms with van der Waals surface area (Å²) in [7, 11) is -4.55. The van der Waals surface area contributed by atoms with E-state index >= 15 is 0 Å². The molecule has 0 aromatic carbocycles. The number of hydrogen-bond donors (Lipinski definition) is 6. The van der Waals surface area contributed by atoms with Gasteiger partial charge >= 0.3 is 19.5 Å². The predicted molar refractivity (Wildman–Crippen MR) is 240 cm³/mol. The number of carbonyl (C=O) groups excluding carboxylic acids is 2. The van der Waals surface area contributed by atoms with Crippen molar-refractivity contribution in [3.63, 3.8) is 0 Å². The van der Waals surface area contributed by atoms with Gasteiger partial charge in [0.25, 0.3) is 0 Å². The fourth-order valence-corrected chi connectivity index (χ4v) is 7.43. The maximum atomic E-state index is 12.7. The largest absolute Gasteiger partial charge is 0.462 e. The maximum absolute atomic E-state index is 12.7. The highest BCUT2D eigenvalue weighted by Crippen LogP contribution is 2.46. The Kier molecular flexibility index (Phi) is 48.1. The highest BCUT2D eigenvalue weighted by molar-refractivity contribution is 7.53. The van der Waals surface area contributed by atoms with Gasteiger partial charge in [-0.2, -0.15) is 0 Å². The molecule has 14 heteroatoms. The van der Waals surface area contributed by atoms with Crippen LogP contribution in [0, 0.1) is 0 Å². The summed E-state index contributed by atoms with van der Waals surface area (Å²) in [6, 6.07) is 0. The van der Waals surface area contributed by atoms with E-state index in [0.717, 1.165) is 32.1 Å². The molecule has 3 atom stereocenters. The number of ether oxygens (including phenoxy) is 3. The van der Waals surface area contributed by atoms with E-state index in [0.29, 0.717) is 12.8 Å². The van der Waals surface area contributed by atoms with Gasteiger partial charge in [0.2, 0.25) is 0 Å². The van der Waals surface area contributed by atoms with Crippen LogP contribution < -0.4 is 0 Å². The first-order valence-corrected chi connectivity index (χ1v) is 25.8. The molecule has 0 saturated heterocycles. The molecule has 0 saturated carbocycles. The minimum atomic E-state index is -4.55. The number of aliphatic hydroxyl groups excluding tert-OH is 5. The third kappa shape index (κ3) is 44.9. The van der Waals surface area contributed by atoms with Gasteiger partial charge in [-0.15, -0.1) is 0 Å². The van der Waals surface area contributed by atoms with E-state index in [1.54, 1.807) is 0 Å². The molecule has 0 aliphatic rings.